The van der Waals surface area contributed by atoms with E-state index in [2.05, 4.69) is 5.32 Å². The van der Waals surface area contributed by atoms with Crippen molar-refractivity contribution in [3.63, 3.8) is 0 Å². The summed E-state index contributed by atoms with van der Waals surface area (Å²) in [5.74, 6) is 0.813. The van der Waals surface area contributed by atoms with E-state index in [4.69, 9.17) is 4.74 Å². The molecule has 0 aromatic heterocycles. The molecule has 1 N–H and O–H groups in total. The molecule has 2 atom stereocenters. The van der Waals surface area contributed by atoms with Crippen molar-refractivity contribution in [2.45, 2.75) is 50.4 Å². The van der Waals surface area contributed by atoms with Gasteiger partial charge in [-0.15, -0.1) is 0 Å². The lowest BCUT2D eigenvalue weighted by Gasteiger charge is -2.26. The third kappa shape index (κ3) is 2.83. The highest BCUT2D eigenvalue weighted by molar-refractivity contribution is 5.31. The molecule has 18 heavy (non-hydrogen) atoms. The zero-order valence-corrected chi connectivity index (χ0v) is 10.6. The molecule has 2 fully saturated rings. The van der Waals surface area contributed by atoms with Gasteiger partial charge in [-0.25, -0.2) is 4.39 Å². The summed E-state index contributed by atoms with van der Waals surface area (Å²) in [6.45, 7) is 0.934. The zero-order valence-electron chi connectivity index (χ0n) is 10.6. The molecule has 1 heterocycles. The van der Waals surface area contributed by atoms with Crippen molar-refractivity contribution in [2.75, 3.05) is 6.54 Å². The van der Waals surface area contributed by atoms with Crippen LogP contribution in [0.1, 0.15) is 43.8 Å². The monoisotopic (exact) mass is 249 g/mol. The quantitative estimate of drug-likeness (QED) is 0.883. The highest BCUT2D eigenvalue weighted by Crippen LogP contribution is 2.31. The number of piperidine rings is 1. The van der Waals surface area contributed by atoms with Crippen molar-refractivity contribution in [1.29, 1.82) is 0 Å². The van der Waals surface area contributed by atoms with Crippen molar-refractivity contribution < 1.29 is 9.13 Å². The molecular weight excluding hydrogens is 229 g/mol. The molecule has 1 aliphatic heterocycles. The van der Waals surface area contributed by atoms with Crippen molar-refractivity contribution >= 4 is 0 Å². The predicted octanol–water partition coefficient (Wildman–Crippen LogP) is 3.38. The highest BCUT2D eigenvalue weighted by Gasteiger charge is 2.26. The third-order valence-corrected chi connectivity index (χ3v) is 3.71. The molecule has 0 spiro atoms. The minimum atomic E-state index is -0.923. The normalized spacial score (nSPS) is 25.7. The Kier molecular flexibility index (Phi) is 3.50. The first-order chi connectivity index (χ1) is 8.83. The van der Waals surface area contributed by atoms with Gasteiger partial charge < -0.3 is 10.1 Å². The van der Waals surface area contributed by atoms with Crippen LogP contribution in [0, 0.1) is 0 Å². The summed E-state index contributed by atoms with van der Waals surface area (Å²) in [5.41, 5.74) is 0.743. The first kappa shape index (κ1) is 12.0. The SMILES string of the molecule is FC(c1cccc(OC2CC2)c1)C1CCCCN1. The van der Waals surface area contributed by atoms with Gasteiger partial charge in [0.15, 0.2) is 0 Å². The maximum atomic E-state index is 14.4. The summed E-state index contributed by atoms with van der Waals surface area (Å²) >= 11 is 0. The van der Waals surface area contributed by atoms with Crippen LogP contribution in [-0.2, 0) is 0 Å². The Labute approximate surface area is 108 Å². The van der Waals surface area contributed by atoms with Crippen molar-refractivity contribution in [3.05, 3.63) is 29.8 Å². The summed E-state index contributed by atoms with van der Waals surface area (Å²) < 4.78 is 20.2. The smallest absolute Gasteiger partial charge is 0.140 e. The minimum absolute atomic E-state index is 0.0325. The number of hydrogen-bond acceptors (Lipinski definition) is 2. The molecule has 0 amide bonds. The Morgan fingerprint density at radius 1 is 1.22 bits per heavy atom. The Balaban J connectivity index is 1.69. The largest absolute Gasteiger partial charge is 0.490 e. The van der Waals surface area contributed by atoms with E-state index < -0.39 is 6.17 Å². The van der Waals surface area contributed by atoms with Crippen LogP contribution >= 0.6 is 0 Å². The number of halogens is 1. The van der Waals surface area contributed by atoms with Gasteiger partial charge in [0.1, 0.15) is 11.9 Å². The number of nitrogens with one attached hydrogen (secondary N) is 1. The van der Waals surface area contributed by atoms with E-state index in [1.54, 1.807) is 0 Å². The Hall–Kier alpha value is -1.09. The van der Waals surface area contributed by atoms with Gasteiger partial charge in [0, 0.05) is 6.04 Å². The molecule has 3 rings (SSSR count). The number of rotatable bonds is 4. The average Bonchev–Trinajstić information content (AvgIpc) is 3.23. The molecule has 1 saturated heterocycles. The molecule has 2 nitrogen and oxygen atoms in total. The number of ether oxygens (including phenoxy) is 1. The molecule has 0 bridgehead atoms. The average molecular weight is 249 g/mol. The summed E-state index contributed by atoms with van der Waals surface area (Å²) in [6.07, 6.45) is 4.92. The molecule has 98 valence electrons. The standard InChI is InChI=1S/C15H20FNO/c16-15(14-6-1-2-9-17-14)11-4-3-5-13(10-11)18-12-7-8-12/h3-5,10,12,14-15,17H,1-2,6-9H2. The van der Waals surface area contributed by atoms with Crippen molar-refractivity contribution in [2.24, 2.45) is 0 Å². The fourth-order valence-electron chi connectivity index (χ4n) is 2.50. The fraction of sp³-hybridized carbons (Fsp3) is 0.600. The van der Waals surface area contributed by atoms with E-state index in [0.29, 0.717) is 6.10 Å². The summed E-state index contributed by atoms with van der Waals surface area (Å²) in [5, 5.41) is 3.27. The van der Waals surface area contributed by atoms with Gasteiger partial charge in [-0.2, -0.15) is 0 Å². The van der Waals surface area contributed by atoms with Crippen LogP contribution in [0.4, 0.5) is 4.39 Å². The van der Waals surface area contributed by atoms with Gasteiger partial charge >= 0.3 is 0 Å². The van der Waals surface area contributed by atoms with Crippen LogP contribution in [-0.4, -0.2) is 18.7 Å². The lowest BCUT2D eigenvalue weighted by Crippen LogP contribution is -2.37. The van der Waals surface area contributed by atoms with Gasteiger partial charge in [-0.05, 0) is 49.9 Å². The van der Waals surface area contributed by atoms with Crippen LogP contribution in [0.2, 0.25) is 0 Å². The van der Waals surface area contributed by atoms with Gasteiger partial charge in [0.05, 0.1) is 6.10 Å². The Morgan fingerprint density at radius 2 is 2.11 bits per heavy atom. The topological polar surface area (TPSA) is 21.3 Å². The second-order valence-electron chi connectivity index (χ2n) is 5.35. The number of benzene rings is 1. The number of hydrogen-bond donors (Lipinski definition) is 1. The fourth-order valence-corrected chi connectivity index (χ4v) is 2.50. The summed E-state index contributed by atoms with van der Waals surface area (Å²) in [7, 11) is 0. The van der Waals surface area contributed by atoms with E-state index in [-0.39, 0.29) is 6.04 Å². The van der Waals surface area contributed by atoms with E-state index >= 15 is 0 Å². The summed E-state index contributed by atoms with van der Waals surface area (Å²) in [6, 6.07) is 7.50. The first-order valence-electron chi connectivity index (χ1n) is 6.97. The molecule has 2 aliphatic rings. The molecule has 3 heteroatoms. The molecule has 1 aliphatic carbocycles. The molecule has 1 aromatic carbocycles. The maximum absolute atomic E-state index is 14.4. The van der Waals surface area contributed by atoms with Crippen LogP contribution in [0.15, 0.2) is 24.3 Å². The Morgan fingerprint density at radius 3 is 2.83 bits per heavy atom. The van der Waals surface area contributed by atoms with Gasteiger partial charge in [-0.3, -0.25) is 0 Å². The predicted molar refractivity (Wildman–Crippen MR) is 69.6 cm³/mol. The molecular formula is C15H20FNO. The van der Waals surface area contributed by atoms with E-state index in [1.807, 2.05) is 24.3 Å². The van der Waals surface area contributed by atoms with E-state index in [1.165, 1.54) is 0 Å². The molecule has 2 unspecified atom stereocenters. The minimum Gasteiger partial charge on any atom is -0.490 e. The molecule has 1 saturated carbocycles. The van der Waals surface area contributed by atoms with Crippen LogP contribution in [0.25, 0.3) is 0 Å². The lowest BCUT2D eigenvalue weighted by atomic mass is 9.96. The lowest BCUT2D eigenvalue weighted by molar-refractivity contribution is 0.220. The Bertz CT molecular complexity index is 399. The van der Waals surface area contributed by atoms with Gasteiger partial charge in [-0.1, -0.05) is 18.6 Å². The van der Waals surface area contributed by atoms with Gasteiger partial charge in [0.25, 0.3) is 0 Å². The molecule has 1 aromatic rings. The molecule has 0 radical (unpaired) electrons. The zero-order chi connectivity index (χ0) is 12.4. The highest BCUT2D eigenvalue weighted by atomic mass is 19.1. The van der Waals surface area contributed by atoms with E-state index in [9.17, 15) is 4.39 Å². The van der Waals surface area contributed by atoms with Crippen molar-refractivity contribution in [3.8, 4) is 5.75 Å². The van der Waals surface area contributed by atoms with E-state index in [0.717, 1.165) is 50.0 Å². The van der Waals surface area contributed by atoms with Crippen LogP contribution in [0.5, 0.6) is 5.75 Å². The van der Waals surface area contributed by atoms with Crippen LogP contribution < -0.4 is 10.1 Å². The third-order valence-electron chi connectivity index (χ3n) is 3.71. The second kappa shape index (κ2) is 5.27. The number of alkyl halides is 1. The maximum Gasteiger partial charge on any atom is 0.140 e. The second-order valence-corrected chi connectivity index (χ2v) is 5.35. The first-order valence-corrected chi connectivity index (χ1v) is 6.97. The van der Waals surface area contributed by atoms with Crippen molar-refractivity contribution in [1.82, 2.24) is 5.32 Å². The summed E-state index contributed by atoms with van der Waals surface area (Å²) in [4.78, 5) is 0. The van der Waals surface area contributed by atoms with Gasteiger partial charge in [0.2, 0.25) is 0 Å². The van der Waals surface area contributed by atoms with Crippen LogP contribution in [0.3, 0.4) is 0 Å².